The topological polar surface area (TPSA) is 80.8 Å². The summed E-state index contributed by atoms with van der Waals surface area (Å²) in [6.45, 7) is 7.53. The molecule has 7 nitrogen and oxygen atoms in total. The molecule has 2 heterocycles. The van der Waals surface area contributed by atoms with Crippen LogP contribution in [0.3, 0.4) is 0 Å². The number of hydrogen-bond donors (Lipinski definition) is 1. The molecule has 0 radical (unpaired) electrons. The molecule has 1 aliphatic heterocycles. The number of carbonyl (C=O) groups is 2. The molecule has 2 amide bonds. The van der Waals surface area contributed by atoms with Crippen LogP contribution in [0.4, 0.5) is 4.79 Å². The first-order valence-electron chi connectivity index (χ1n) is 9.01. The Labute approximate surface area is 155 Å². The predicted octanol–water partition coefficient (Wildman–Crippen LogP) is 2.40. The third-order valence-corrected chi connectivity index (χ3v) is 4.25. The molecular weight excluding hydrogens is 334 g/mol. The number of hydrogen-bond acceptors (Lipinski definition) is 5. The molecule has 1 aromatic rings. The zero-order chi connectivity index (χ0) is 19.2. The largest absolute Gasteiger partial charge is 0.481 e. The van der Waals surface area contributed by atoms with Gasteiger partial charge in [-0.3, -0.25) is 4.79 Å². The highest BCUT2D eigenvalue weighted by atomic mass is 16.6. The Kier molecular flexibility index (Phi) is 6.83. The maximum atomic E-state index is 12.2. The van der Waals surface area contributed by atoms with Crippen LogP contribution in [0.15, 0.2) is 18.3 Å². The number of rotatable bonds is 5. The smallest absolute Gasteiger partial charge is 0.410 e. The van der Waals surface area contributed by atoms with Crippen LogP contribution >= 0.6 is 0 Å². The standard InChI is InChI=1S/C19H29N3O4/c1-19(2,3)26-18(24)22-10-7-14(8-11-22)13-21-16(23)12-15-6-5-9-20-17(15)25-4/h5-6,9,14H,7-8,10-13H2,1-4H3,(H,21,23). The third kappa shape index (κ3) is 6.20. The highest BCUT2D eigenvalue weighted by Gasteiger charge is 2.27. The first kappa shape index (κ1) is 20.0. The van der Waals surface area contributed by atoms with Crippen molar-refractivity contribution in [3.8, 4) is 5.88 Å². The van der Waals surface area contributed by atoms with Gasteiger partial charge in [-0.2, -0.15) is 0 Å². The molecule has 7 heteroatoms. The SMILES string of the molecule is COc1ncccc1CC(=O)NCC1CCN(C(=O)OC(C)(C)C)CC1. The zero-order valence-corrected chi connectivity index (χ0v) is 16.1. The molecule has 1 N–H and O–H groups in total. The van der Waals surface area contributed by atoms with Crippen molar-refractivity contribution in [3.63, 3.8) is 0 Å². The molecule has 1 aromatic heterocycles. The molecule has 0 atom stereocenters. The maximum Gasteiger partial charge on any atom is 0.410 e. The molecular formula is C19H29N3O4. The van der Waals surface area contributed by atoms with E-state index in [0.717, 1.165) is 18.4 Å². The van der Waals surface area contributed by atoms with Crippen LogP contribution in [-0.4, -0.2) is 54.2 Å². The van der Waals surface area contributed by atoms with Crippen LogP contribution in [0.5, 0.6) is 5.88 Å². The summed E-state index contributed by atoms with van der Waals surface area (Å²) in [5.41, 5.74) is 0.294. The first-order chi connectivity index (χ1) is 12.3. The van der Waals surface area contributed by atoms with Crippen molar-refractivity contribution in [1.29, 1.82) is 0 Å². The number of likely N-dealkylation sites (tertiary alicyclic amines) is 1. The van der Waals surface area contributed by atoms with E-state index in [-0.39, 0.29) is 18.4 Å². The first-order valence-corrected chi connectivity index (χ1v) is 9.01. The van der Waals surface area contributed by atoms with Gasteiger partial charge in [0.15, 0.2) is 0 Å². The van der Waals surface area contributed by atoms with E-state index in [1.807, 2.05) is 26.8 Å². The number of nitrogens with one attached hydrogen (secondary N) is 1. The molecule has 1 fully saturated rings. The Morgan fingerprint density at radius 1 is 1.31 bits per heavy atom. The van der Waals surface area contributed by atoms with Crippen LogP contribution < -0.4 is 10.1 Å². The second-order valence-corrected chi connectivity index (χ2v) is 7.56. The fourth-order valence-corrected chi connectivity index (χ4v) is 2.88. The van der Waals surface area contributed by atoms with E-state index in [1.165, 1.54) is 0 Å². The lowest BCUT2D eigenvalue weighted by Crippen LogP contribution is -2.43. The number of carbonyl (C=O) groups excluding carboxylic acids is 2. The summed E-state index contributed by atoms with van der Waals surface area (Å²) in [5.74, 6) is 0.799. The lowest BCUT2D eigenvalue weighted by atomic mass is 9.97. The second-order valence-electron chi connectivity index (χ2n) is 7.56. The van der Waals surface area contributed by atoms with Gasteiger partial charge in [0.1, 0.15) is 5.60 Å². The van der Waals surface area contributed by atoms with E-state index < -0.39 is 5.60 Å². The molecule has 144 valence electrons. The van der Waals surface area contributed by atoms with E-state index in [2.05, 4.69) is 10.3 Å². The van der Waals surface area contributed by atoms with Crippen LogP contribution in [0.1, 0.15) is 39.2 Å². The van der Waals surface area contributed by atoms with E-state index >= 15 is 0 Å². The summed E-state index contributed by atoms with van der Waals surface area (Å²) in [6.07, 6.45) is 3.33. The van der Waals surface area contributed by atoms with Gasteiger partial charge in [-0.15, -0.1) is 0 Å². The van der Waals surface area contributed by atoms with Crippen LogP contribution in [0, 0.1) is 5.92 Å². The lowest BCUT2D eigenvalue weighted by molar-refractivity contribution is -0.120. The van der Waals surface area contributed by atoms with Gasteiger partial charge in [-0.25, -0.2) is 9.78 Å². The third-order valence-electron chi connectivity index (χ3n) is 4.25. The van der Waals surface area contributed by atoms with Crippen LogP contribution in [0.2, 0.25) is 0 Å². The molecule has 0 unspecified atom stereocenters. The summed E-state index contributed by atoms with van der Waals surface area (Å²) in [5, 5.41) is 2.98. The van der Waals surface area contributed by atoms with Crippen molar-refractivity contribution >= 4 is 12.0 Å². The minimum atomic E-state index is -0.477. The van der Waals surface area contributed by atoms with Gasteiger partial charge in [-0.05, 0) is 45.6 Å². The Morgan fingerprint density at radius 2 is 2.00 bits per heavy atom. The Bertz CT molecular complexity index is 619. The van der Waals surface area contributed by atoms with E-state index in [9.17, 15) is 9.59 Å². The molecule has 0 saturated carbocycles. The minimum absolute atomic E-state index is 0.0501. The molecule has 0 aromatic carbocycles. The van der Waals surface area contributed by atoms with Gasteiger partial charge in [0.2, 0.25) is 11.8 Å². The summed E-state index contributed by atoms with van der Waals surface area (Å²) in [6, 6.07) is 3.63. The van der Waals surface area contributed by atoms with Crippen molar-refractivity contribution in [1.82, 2.24) is 15.2 Å². The second kappa shape index (κ2) is 8.87. The van der Waals surface area contributed by atoms with E-state index in [1.54, 1.807) is 24.3 Å². The molecule has 1 saturated heterocycles. The van der Waals surface area contributed by atoms with Crippen molar-refractivity contribution in [2.24, 2.45) is 5.92 Å². The van der Waals surface area contributed by atoms with Crippen molar-refractivity contribution in [2.45, 2.75) is 45.6 Å². The van der Waals surface area contributed by atoms with Crippen molar-refractivity contribution in [3.05, 3.63) is 23.9 Å². The van der Waals surface area contributed by atoms with Gasteiger partial charge in [0.05, 0.1) is 13.5 Å². The molecule has 26 heavy (non-hydrogen) atoms. The van der Waals surface area contributed by atoms with Gasteiger partial charge in [-0.1, -0.05) is 6.07 Å². The maximum absolute atomic E-state index is 12.2. The van der Waals surface area contributed by atoms with Crippen LogP contribution in [0.25, 0.3) is 0 Å². The Balaban J connectivity index is 1.73. The van der Waals surface area contributed by atoms with Gasteiger partial charge in [0.25, 0.3) is 0 Å². The fourth-order valence-electron chi connectivity index (χ4n) is 2.88. The molecule has 0 bridgehead atoms. The fraction of sp³-hybridized carbons (Fsp3) is 0.632. The van der Waals surface area contributed by atoms with Gasteiger partial charge < -0.3 is 19.7 Å². The molecule has 2 rings (SSSR count). The monoisotopic (exact) mass is 363 g/mol. The van der Waals surface area contributed by atoms with Crippen molar-refractivity contribution < 1.29 is 19.1 Å². The Hall–Kier alpha value is -2.31. The molecule has 1 aliphatic rings. The zero-order valence-electron chi connectivity index (χ0n) is 16.1. The Morgan fingerprint density at radius 3 is 2.62 bits per heavy atom. The highest BCUT2D eigenvalue weighted by molar-refractivity contribution is 5.79. The number of nitrogens with zero attached hydrogens (tertiary/aromatic N) is 2. The lowest BCUT2D eigenvalue weighted by Gasteiger charge is -2.33. The summed E-state index contributed by atoms with van der Waals surface area (Å²) in [4.78, 5) is 30.1. The number of pyridine rings is 1. The highest BCUT2D eigenvalue weighted by Crippen LogP contribution is 2.19. The van der Waals surface area contributed by atoms with Gasteiger partial charge in [0, 0.05) is 31.4 Å². The number of methoxy groups -OCH3 is 1. The van der Waals surface area contributed by atoms with Crippen LogP contribution in [-0.2, 0) is 16.0 Å². The number of amides is 2. The quantitative estimate of drug-likeness (QED) is 0.869. The molecule has 0 spiro atoms. The number of piperidine rings is 1. The van der Waals surface area contributed by atoms with Crippen molar-refractivity contribution in [2.75, 3.05) is 26.7 Å². The number of ether oxygens (including phenoxy) is 2. The molecule has 0 aliphatic carbocycles. The summed E-state index contributed by atoms with van der Waals surface area (Å²) in [7, 11) is 1.54. The predicted molar refractivity (Wildman–Crippen MR) is 98.0 cm³/mol. The van der Waals surface area contributed by atoms with E-state index in [4.69, 9.17) is 9.47 Å². The number of aromatic nitrogens is 1. The normalized spacial score (nSPS) is 15.5. The summed E-state index contributed by atoms with van der Waals surface area (Å²) < 4.78 is 10.6. The average molecular weight is 363 g/mol. The summed E-state index contributed by atoms with van der Waals surface area (Å²) >= 11 is 0. The average Bonchev–Trinajstić information content (AvgIpc) is 2.59. The van der Waals surface area contributed by atoms with Gasteiger partial charge >= 0.3 is 6.09 Å². The minimum Gasteiger partial charge on any atom is -0.481 e. The van der Waals surface area contributed by atoms with E-state index in [0.29, 0.717) is 31.4 Å².